The number of aromatic nitrogens is 1. The molecule has 1 aliphatic heterocycles. The predicted octanol–water partition coefficient (Wildman–Crippen LogP) is 3.80. The van der Waals surface area contributed by atoms with Crippen molar-refractivity contribution in [3.05, 3.63) is 51.5 Å². The van der Waals surface area contributed by atoms with Crippen molar-refractivity contribution in [2.24, 2.45) is 0 Å². The van der Waals surface area contributed by atoms with Crippen LogP contribution in [0.3, 0.4) is 0 Å². The van der Waals surface area contributed by atoms with Gasteiger partial charge in [0, 0.05) is 30.6 Å². The molecule has 0 amide bonds. The van der Waals surface area contributed by atoms with E-state index in [0.717, 1.165) is 28.6 Å². The molecule has 1 aromatic carbocycles. The summed E-state index contributed by atoms with van der Waals surface area (Å²) in [7, 11) is 1.71. The van der Waals surface area contributed by atoms with Crippen LogP contribution >= 0.6 is 11.3 Å². The van der Waals surface area contributed by atoms with Gasteiger partial charge in [0.15, 0.2) is 0 Å². The summed E-state index contributed by atoms with van der Waals surface area (Å²) in [5.41, 5.74) is 3.45. The fourth-order valence-electron chi connectivity index (χ4n) is 2.46. The highest BCUT2D eigenvalue weighted by Gasteiger charge is 2.16. The highest BCUT2D eigenvalue weighted by Crippen LogP contribution is 2.27. The summed E-state index contributed by atoms with van der Waals surface area (Å²) in [4.78, 5) is 4.61. The van der Waals surface area contributed by atoms with Crippen LogP contribution in [-0.2, 0) is 11.3 Å². The third-order valence-corrected chi connectivity index (χ3v) is 5.13. The molecule has 122 valence electrons. The van der Waals surface area contributed by atoms with Gasteiger partial charge in [0.1, 0.15) is 23.5 Å². The molecule has 2 atom stereocenters. The van der Waals surface area contributed by atoms with E-state index in [2.05, 4.69) is 34.7 Å². The fraction of sp³-hybridized carbons (Fsp3) is 0.389. The van der Waals surface area contributed by atoms with E-state index in [1.54, 1.807) is 18.4 Å². The molecule has 2 heterocycles. The normalized spacial score (nSPS) is 16.2. The smallest absolute Gasteiger partial charge is 0.127 e. The van der Waals surface area contributed by atoms with Crippen LogP contribution < -0.4 is 10.1 Å². The summed E-state index contributed by atoms with van der Waals surface area (Å²) in [6.07, 6.45) is 2.27. The maximum absolute atomic E-state index is 5.82. The topological polar surface area (TPSA) is 43.4 Å². The molecule has 3 rings (SSSR count). The van der Waals surface area contributed by atoms with Crippen molar-refractivity contribution in [3.63, 3.8) is 0 Å². The Morgan fingerprint density at radius 3 is 3.00 bits per heavy atom. The zero-order chi connectivity index (χ0) is 16.2. The van der Waals surface area contributed by atoms with Gasteiger partial charge in [-0.2, -0.15) is 0 Å². The summed E-state index contributed by atoms with van der Waals surface area (Å²) in [5.74, 6) is 0.959. The Balaban J connectivity index is 1.61. The van der Waals surface area contributed by atoms with E-state index in [9.17, 15) is 0 Å². The number of fused-ring (bicyclic) bond motifs is 1. The van der Waals surface area contributed by atoms with Crippen molar-refractivity contribution in [1.82, 2.24) is 10.3 Å². The number of nitrogens with one attached hydrogen (secondary N) is 1. The fourth-order valence-corrected chi connectivity index (χ4v) is 3.31. The monoisotopic (exact) mass is 330 g/mol. The maximum atomic E-state index is 5.82. The molecule has 0 fully saturated rings. The van der Waals surface area contributed by atoms with Crippen LogP contribution in [0.4, 0.5) is 0 Å². The second-order valence-corrected chi connectivity index (χ2v) is 6.59. The molecule has 0 bridgehead atoms. The van der Waals surface area contributed by atoms with Gasteiger partial charge in [0.05, 0.1) is 5.69 Å². The van der Waals surface area contributed by atoms with E-state index in [0.29, 0.717) is 6.61 Å². The first kappa shape index (κ1) is 16.2. The van der Waals surface area contributed by atoms with Crippen molar-refractivity contribution in [3.8, 4) is 5.75 Å². The Morgan fingerprint density at radius 2 is 2.17 bits per heavy atom. The van der Waals surface area contributed by atoms with Crippen molar-refractivity contribution in [2.75, 3.05) is 13.7 Å². The number of methoxy groups -OCH3 is 1. The van der Waals surface area contributed by atoms with Gasteiger partial charge < -0.3 is 14.8 Å². The molecule has 4 nitrogen and oxygen atoms in total. The van der Waals surface area contributed by atoms with Crippen molar-refractivity contribution in [1.29, 1.82) is 0 Å². The lowest BCUT2D eigenvalue weighted by atomic mass is 10.0. The van der Waals surface area contributed by atoms with E-state index in [-0.39, 0.29) is 12.1 Å². The van der Waals surface area contributed by atoms with Crippen molar-refractivity contribution < 1.29 is 9.47 Å². The standard InChI is InChI=1S/C18H22N2O2S/c1-12(15-8-14-6-4-5-7-17(14)22-10-15)19-9-16-11-23-18(20-16)13(2)21-3/h4-8,11-13,19H,9-10H2,1-3H3. The summed E-state index contributed by atoms with van der Waals surface area (Å²) in [6, 6.07) is 8.37. The molecule has 0 aliphatic carbocycles. The van der Waals surface area contributed by atoms with Crippen LogP contribution in [0.2, 0.25) is 0 Å². The Hall–Kier alpha value is -1.69. The third kappa shape index (κ3) is 3.80. The Kier molecular flexibility index (Phi) is 5.10. The number of benzene rings is 1. The average molecular weight is 330 g/mol. The van der Waals surface area contributed by atoms with Crippen LogP contribution in [0, 0.1) is 0 Å². The van der Waals surface area contributed by atoms with Crippen LogP contribution in [0.25, 0.3) is 6.08 Å². The number of ether oxygens (including phenoxy) is 2. The Bertz CT molecular complexity index is 696. The molecule has 0 saturated carbocycles. The lowest BCUT2D eigenvalue weighted by Gasteiger charge is -2.23. The minimum Gasteiger partial charge on any atom is -0.489 e. The van der Waals surface area contributed by atoms with Gasteiger partial charge in [0.25, 0.3) is 0 Å². The molecule has 1 aliphatic rings. The van der Waals surface area contributed by atoms with Gasteiger partial charge >= 0.3 is 0 Å². The van der Waals surface area contributed by atoms with E-state index in [4.69, 9.17) is 9.47 Å². The van der Waals surface area contributed by atoms with Gasteiger partial charge in [-0.05, 0) is 31.6 Å². The molecular formula is C18H22N2O2S. The zero-order valence-electron chi connectivity index (χ0n) is 13.7. The van der Waals surface area contributed by atoms with Crippen molar-refractivity contribution >= 4 is 17.4 Å². The molecule has 0 spiro atoms. The number of thiazole rings is 1. The quantitative estimate of drug-likeness (QED) is 0.875. The van der Waals surface area contributed by atoms with Crippen LogP contribution in [0.15, 0.2) is 35.2 Å². The molecule has 23 heavy (non-hydrogen) atoms. The molecule has 2 aromatic rings. The minimum atomic E-state index is 0.0529. The summed E-state index contributed by atoms with van der Waals surface area (Å²) in [6.45, 7) is 5.55. The zero-order valence-corrected chi connectivity index (χ0v) is 14.5. The third-order valence-electron chi connectivity index (χ3n) is 4.07. The largest absolute Gasteiger partial charge is 0.489 e. The molecule has 5 heteroatoms. The number of hydrogen-bond donors (Lipinski definition) is 1. The minimum absolute atomic E-state index is 0.0529. The van der Waals surface area contributed by atoms with Gasteiger partial charge in [-0.15, -0.1) is 11.3 Å². The highest BCUT2D eigenvalue weighted by atomic mass is 32.1. The highest BCUT2D eigenvalue weighted by molar-refractivity contribution is 7.09. The molecule has 1 N–H and O–H groups in total. The SMILES string of the molecule is COC(C)c1nc(CNC(C)C2=Cc3ccccc3OC2)cs1. The molecule has 0 radical (unpaired) electrons. The summed E-state index contributed by atoms with van der Waals surface area (Å²) >= 11 is 1.64. The number of para-hydroxylation sites is 1. The lowest BCUT2D eigenvalue weighted by Crippen LogP contribution is -2.31. The first-order valence-electron chi connectivity index (χ1n) is 7.80. The average Bonchev–Trinajstić information content (AvgIpc) is 3.07. The number of rotatable bonds is 6. The Labute approximate surface area is 141 Å². The maximum Gasteiger partial charge on any atom is 0.127 e. The molecule has 2 unspecified atom stereocenters. The van der Waals surface area contributed by atoms with Crippen LogP contribution in [0.1, 0.15) is 36.2 Å². The number of hydrogen-bond acceptors (Lipinski definition) is 5. The first-order valence-corrected chi connectivity index (χ1v) is 8.68. The number of nitrogens with zero attached hydrogens (tertiary/aromatic N) is 1. The van der Waals surface area contributed by atoms with E-state index < -0.39 is 0 Å². The van der Waals surface area contributed by atoms with Gasteiger partial charge in [-0.3, -0.25) is 0 Å². The predicted molar refractivity (Wildman–Crippen MR) is 93.8 cm³/mol. The second-order valence-electron chi connectivity index (χ2n) is 5.70. The van der Waals surface area contributed by atoms with E-state index in [1.165, 1.54) is 5.57 Å². The second kappa shape index (κ2) is 7.25. The van der Waals surface area contributed by atoms with Gasteiger partial charge in [-0.25, -0.2) is 4.98 Å². The lowest BCUT2D eigenvalue weighted by molar-refractivity contribution is 0.119. The molecule has 1 aromatic heterocycles. The molecule has 0 saturated heterocycles. The van der Waals surface area contributed by atoms with Crippen molar-refractivity contribution in [2.45, 2.75) is 32.5 Å². The van der Waals surface area contributed by atoms with Crippen LogP contribution in [-0.4, -0.2) is 24.7 Å². The summed E-state index contributed by atoms with van der Waals surface area (Å²) in [5, 5.41) is 6.63. The van der Waals surface area contributed by atoms with E-state index in [1.807, 2.05) is 25.1 Å². The first-order chi connectivity index (χ1) is 11.2. The van der Waals surface area contributed by atoms with E-state index >= 15 is 0 Å². The Morgan fingerprint density at radius 1 is 1.35 bits per heavy atom. The van der Waals surface area contributed by atoms with Gasteiger partial charge in [-0.1, -0.05) is 18.2 Å². The van der Waals surface area contributed by atoms with Gasteiger partial charge in [0.2, 0.25) is 0 Å². The summed E-state index contributed by atoms with van der Waals surface area (Å²) < 4.78 is 11.1. The van der Waals surface area contributed by atoms with Crippen LogP contribution in [0.5, 0.6) is 5.75 Å². The molecular weight excluding hydrogens is 308 g/mol.